The second kappa shape index (κ2) is 13.6. The van der Waals surface area contributed by atoms with Gasteiger partial charge in [0.15, 0.2) is 0 Å². The van der Waals surface area contributed by atoms with Crippen LogP contribution in [0.15, 0.2) is 54.6 Å². The lowest BCUT2D eigenvalue weighted by molar-refractivity contribution is -0.274. The number of rotatable bonds is 13. The molecule has 11 heteroatoms. The average molecular weight is 525 g/mol. The molecule has 0 radical (unpaired) electrons. The van der Waals surface area contributed by atoms with Crippen molar-refractivity contribution in [2.75, 3.05) is 0 Å². The normalized spacial score (nSPS) is 13.9. The van der Waals surface area contributed by atoms with Gasteiger partial charge in [-0.2, -0.15) is 0 Å². The Balaban J connectivity index is 2.10. The number of carbonyl (C=O) groups is 3. The monoisotopic (exact) mass is 524 g/mol. The fraction of sp³-hybridized carbons (Fsp3) is 0.423. The maximum absolute atomic E-state index is 13.1. The van der Waals surface area contributed by atoms with Crippen LogP contribution < -0.4 is 15.4 Å². The van der Waals surface area contributed by atoms with Crippen molar-refractivity contribution in [1.82, 2.24) is 10.6 Å². The van der Waals surface area contributed by atoms with Gasteiger partial charge in [-0.05, 0) is 42.0 Å². The molecule has 0 fully saturated rings. The van der Waals surface area contributed by atoms with Crippen LogP contribution in [0.3, 0.4) is 0 Å². The van der Waals surface area contributed by atoms with E-state index in [0.717, 1.165) is 17.7 Å². The molecular formula is C26H31F3N2O6. The molecule has 0 aromatic heterocycles. The number of benzene rings is 2. The van der Waals surface area contributed by atoms with Crippen molar-refractivity contribution in [3.63, 3.8) is 0 Å². The SMILES string of the molecule is CC(C)C(NC(=O)Cc1cccc(OC(F)(F)F)c1)C(=O)NC(Cc1ccccc1)C(O)CCC(=O)O. The molecule has 2 aromatic carbocycles. The van der Waals surface area contributed by atoms with Crippen molar-refractivity contribution < 1.29 is 42.5 Å². The van der Waals surface area contributed by atoms with E-state index in [4.69, 9.17) is 5.11 Å². The molecule has 202 valence electrons. The van der Waals surface area contributed by atoms with Gasteiger partial charge in [0.1, 0.15) is 11.8 Å². The maximum atomic E-state index is 13.1. The molecule has 37 heavy (non-hydrogen) atoms. The highest BCUT2D eigenvalue weighted by molar-refractivity contribution is 5.88. The summed E-state index contributed by atoms with van der Waals surface area (Å²) in [4.78, 5) is 36.7. The first-order valence-electron chi connectivity index (χ1n) is 11.7. The number of carboxylic acids is 1. The number of aliphatic hydroxyl groups is 1. The van der Waals surface area contributed by atoms with Gasteiger partial charge in [0, 0.05) is 6.42 Å². The number of carboxylic acid groups (broad SMARTS) is 1. The minimum atomic E-state index is -4.87. The lowest BCUT2D eigenvalue weighted by Crippen LogP contribution is -2.55. The smallest absolute Gasteiger partial charge is 0.481 e. The molecule has 0 aliphatic carbocycles. The summed E-state index contributed by atoms with van der Waals surface area (Å²) in [6, 6.07) is 12.2. The Morgan fingerprint density at radius 1 is 0.973 bits per heavy atom. The zero-order valence-electron chi connectivity index (χ0n) is 20.5. The van der Waals surface area contributed by atoms with E-state index >= 15 is 0 Å². The minimum absolute atomic E-state index is 0.0812. The number of alkyl halides is 3. The first-order chi connectivity index (χ1) is 17.3. The molecule has 3 atom stereocenters. The van der Waals surface area contributed by atoms with Crippen LogP contribution in [0, 0.1) is 5.92 Å². The number of aliphatic carboxylic acids is 1. The summed E-state index contributed by atoms with van der Waals surface area (Å²) in [6.45, 7) is 3.41. The number of nitrogens with one attached hydrogen (secondary N) is 2. The van der Waals surface area contributed by atoms with Crippen molar-refractivity contribution >= 4 is 17.8 Å². The number of halogens is 3. The Kier molecular flexibility index (Phi) is 10.9. The van der Waals surface area contributed by atoms with Crippen molar-refractivity contribution in [2.24, 2.45) is 5.92 Å². The number of amides is 2. The Labute approximate surface area is 212 Å². The van der Waals surface area contributed by atoms with Crippen molar-refractivity contribution in [1.29, 1.82) is 0 Å². The van der Waals surface area contributed by atoms with Gasteiger partial charge in [0.2, 0.25) is 11.8 Å². The molecule has 0 saturated carbocycles. The van der Waals surface area contributed by atoms with Crippen LogP contribution in [-0.4, -0.2) is 52.5 Å². The topological polar surface area (TPSA) is 125 Å². The molecule has 0 aliphatic heterocycles. The van der Waals surface area contributed by atoms with Crippen LogP contribution in [0.25, 0.3) is 0 Å². The van der Waals surface area contributed by atoms with Crippen LogP contribution in [-0.2, 0) is 27.2 Å². The van der Waals surface area contributed by atoms with Gasteiger partial charge in [0.05, 0.1) is 18.6 Å². The first kappa shape index (κ1) is 29.6. The molecule has 4 N–H and O–H groups in total. The Morgan fingerprint density at radius 3 is 2.22 bits per heavy atom. The summed E-state index contributed by atoms with van der Waals surface area (Å²) in [7, 11) is 0. The van der Waals surface area contributed by atoms with Gasteiger partial charge < -0.3 is 25.6 Å². The van der Waals surface area contributed by atoms with Crippen LogP contribution in [0.5, 0.6) is 5.75 Å². The highest BCUT2D eigenvalue weighted by Crippen LogP contribution is 2.23. The Morgan fingerprint density at radius 2 is 1.62 bits per heavy atom. The van der Waals surface area contributed by atoms with Gasteiger partial charge in [-0.25, -0.2) is 0 Å². The highest BCUT2D eigenvalue weighted by atomic mass is 19.4. The molecule has 0 saturated heterocycles. The van der Waals surface area contributed by atoms with Crippen molar-refractivity contribution in [3.8, 4) is 5.75 Å². The summed E-state index contributed by atoms with van der Waals surface area (Å²) in [6.07, 6.45) is -6.45. The van der Waals surface area contributed by atoms with Gasteiger partial charge in [-0.3, -0.25) is 14.4 Å². The lowest BCUT2D eigenvalue weighted by Gasteiger charge is -2.28. The van der Waals surface area contributed by atoms with E-state index in [1.807, 2.05) is 6.07 Å². The van der Waals surface area contributed by atoms with Gasteiger partial charge in [-0.15, -0.1) is 13.2 Å². The fourth-order valence-corrected chi connectivity index (χ4v) is 3.69. The summed E-state index contributed by atoms with van der Waals surface area (Å²) in [5.74, 6) is -3.08. The third-order valence-electron chi connectivity index (χ3n) is 5.51. The predicted octanol–water partition coefficient (Wildman–Crippen LogP) is 3.22. The standard InChI is InChI=1S/C26H31F3N2O6/c1-16(2)24(31-22(33)15-18-9-6-10-19(13-18)37-26(27,28)29)25(36)30-20(21(32)11-12-23(34)35)14-17-7-4-3-5-8-17/h3-10,13,16,20-21,24,32H,11-12,14-15H2,1-2H3,(H,30,36)(H,31,33)(H,34,35). The Bertz CT molecular complexity index is 1050. The van der Waals surface area contributed by atoms with Gasteiger partial charge in [0.25, 0.3) is 0 Å². The lowest BCUT2D eigenvalue weighted by atomic mass is 9.96. The zero-order chi connectivity index (χ0) is 27.6. The van der Waals surface area contributed by atoms with Crippen LogP contribution >= 0.6 is 0 Å². The third-order valence-corrected chi connectivity index (χ3v) is 5.51. The number of carbonyl (C=O) groups excluding carboxylic acids is 2. The molecule has 2 aromatic rings. The number of hydrogen-bond acceptors (Lipinski definition) is 5. The second-order valence-corrected chi connectivity index (χ2v) is 8.97. The molecule has 3 unspecified atom stereocenters. The van der Waals surface area contributed by atoms with E-state index in [-0.39, 0.29) is 37.2 Å². The van der Waals surface area contributed by atoms with E-state index in [2.05, 4.69) is 15.4 Å². The van der Waals surface area contributed by atoms with E-state index < -0.39 is 48.1 Å². The molecule has 0 spiro atoms. The highest BCUT2D eigenvalue weighted by Gasteiger charge is 2.32. The summed E-state index contributed by atoms with van der Waals surface area (Å²) >= 11 is 0. The molecule has 2 amide bonds. The summed E-state index contributed by atoms with van der Waals surface area (Å²) in [5, 5.41) is 24.9. The van der Waals surface area contributed by atoms with Gasteiger partial charge >= 0.3 is 12.3 Å². The summed E-state index contributed by atoms with van der Waals surface area (Å²) < 4.78 is 41.3. The molecule has 2 rings (SSSR count). The molecule has 0 bridgehead atoms. The predicted molar refractivity (Wildman–Crippen MR) is 129 cm³/mol. The van der Waals surface area contributed by atoms with Crippen molar-refractivity contribution in [2.45, 2.75) is 64.1 Å². The fourth-order valence-electron chi connectivity index (χ4n) is 3.69. The first-order valence-corrected chi connectivity index (χ1v) is 11.7. The second-order valence-electron chi connectivity index (χ2n) is 8.97. The third kappa shape index (κ3) is 10.9. The molecule has 0 heterocycles. The van der Waals surface area contributed by atoms with E-state index in [1.54, 1.807) is 38.1 Å². The van der Waals surface area contributed by atoms with Crippen molar-refractivity contribution in [3.05, 3.63) is 65.7 Å². The zero-order valence-corrected chi connectivity index (χ0v) is 20.5. The van der Waals surface area contributed by atoms with E-state index in [9.17, 15) is 32.7 Å². The average Bonchev–Trinajstić information content (AvgIpc) is 2.80. The number of hydrogen-bond donors (Lipinski definition) is 4. The van der Waals surface area contributed by atoms with Crippen LogP contribution in [0.1, 0.15) is 37.8 Å². The number of aliphatic hydroxyl groups excluding tert-OH is 1. The molecule has 8 nitrogen and oxygen atoms in total. The van der Waals surface area contributed by atoms with E-state index in [0.29, 0.717) is 0 Å². The molecular weight excluding hydrogens is 493 g/mol. The minimum Gasteiger partial charge on any atom is -0.481 e. The Hall–Kier alpha value is -3.60. The van der Waals surface area contributed by atoms with Crippen LogP contribution in [0.4, 0.5) is 13.2 Å². The quantitative estimate of drug-likeness (QED) is 0.319. The van der Waals surface area contributed by atoms with Gasteiger partial charge in [-0.1, -0.05) is 56.3 Å². The number of ether oxygens (including phenoxy) is 1. The summed E-state index contributed by atoms with van der Waals surface area (Å²) in [5.41, 5.74) is 1.07. The van der Waals surface area contributed by atoms with E-state index in [1.165, 1.54) is 12.1 Å². The molecule has 0 aliphatic rings. The largest absolute Gasteiger partial charge is 0.573 e. The maximum Gasteiger partial charge on any atom is 0.573 e. The van der Waals surface area contributed by atoms with Crippen LogP contribution in [0.2, 0.25) is 0 Å².